The van der Waals surface area contributed by atoms with Gasteiger partial charge in [0.2, 0.25) is 5.91 Å². The molecule has 7 heteroatoms. The van der Waals surface area contributed by atoms with Crippen LogP contribution in [0.3, 0.4) is 0 Å². The molecule has 1 aliphatic rings. The molecular weight excluding hydrogens is 424 g/mol. The van der Waals surface area contributed by atoms with Gasteiger partial charge in [0.15, 0.2) is 0 Å². The van der Waals surface area contributed by atoms with Crippen LogP contribution in [-0.4, -0.2) is 35.5 Å². The van der Waals surface area contributed by atoms with Crippen molar-refractivity contribution < 1.29 is 4.79 Å². The molecule has 0 saturated carbocycles. The predicted molar refractivity (Wildman–Crippen MR) is 130 cm³/mol. The van der Waals surface area contributed by atoms with Crippen LogP contribution < -0.4 is 10.2 Å². The van der Waals surface area contributed by atoms with E-state index in [1.54, 1.807) is 29.0 Å². The van der Waals surface area contributed by atoms with E-state index in [4.69, 9.17) is 0 Å². The highest BCUT2D eigenvalue weighted by atomic mass is 32.1. The number of aromatic nitrogens is 2. The monoisotopic (exact) mass is 450 g/mol. The SMILES string of the molecule is Cc1sc2ncnc(N3CCC(C(=O)NCCc4csc5ccccc45)CC3)c2c1C. The highest BCUT2D eigenvalue weighted by Crippen LogP contribution is 2.35. The molecule has 4 heterocycles. The van der Waals surface area contributed by atoms with E-state index in [0.717, 1.165) is 43.0 Å². The van der Waals surface area contributed by atoms with Crippen LogP contribution in [0.2, 0.25) is 0 Å². The third kappa shape index (κ3) is 3.92. The van der Waals surface area contributed by atoms with Crippen LogP contribution in [0.25, 0.3) is 20.3 Å². The summed E-state index contributed by atoms with van der Waals surface area (Å²) in [6.45, 7) is 6.69. The van der Waals surface area contributed by atoms with Gasteiger partial charge in [-0.25, -0.2) is 9.97 Å². The second kappa shape index (κ2) is 8.55. The van der Waals surface area contributed by atoms with Gasteiger partial charge in [-0.15, -0.1) is 22.7 Å². The van der Waals surface area contributed by atoms with E-state index in [1.165, 1.54) is 31.5 Å². The predicted octanol–water partition coefficient (Wildman–Crippen LogP) is 5.10. The fourth-order valence-corrected chi connectivity index (χ4v) is 6.44. The maximum Gasteiger partial charge on any atom is 0.223 e. The normalized spacial score (nSPS) is 15.1. The van der Waals surface area contributed by atoms with Gasteiger partial charge in [0, 0.05) is 35.1 Å². The number of nitrogens with zero attached hydrogens (tertiary/aromatic N) is 3. The number of rotatable bonds is 5. The van der Waals surface area contributed by atoms with Crippen LogP contribution in [-0.2, 0) is 11.2 Å². The van der Waals surface area contributed by atoms with Gasteiger partial charge >= 0.3 is 0 Å². The Bertz CT molecular complexity index is 1240. The lowest BCUT2D eigenvalue weighted by molar-refractivity contribution is -0.125. The molecule has 0 radical (unpaired) electrons. The van der Waals surface area contributed by atoms with Gasteiger partial charge < -0.3 is 10.2 Å². The van der Waals surface area contributed by atoms with Gasteiger partial charge in [0.1, 0.15) is 17.0 Å². The topological polar surface area (TPSA) is 58.1 Å². The summed E-state index contributed by atoms with van der Waals surface area (Å²) in [5.74, 6) is 1.29. The van der Waals surface area contributed by atoms with Crippen molar-refractivity contribution in [1.29, 1.82) is 0 Å². The molecular formula is C24H26N4OS2. The zero-order valence-corrected chi connectivity index (χ0v) is 19.5. The minimum atomic E-state index is 0.0816. The largest absolute Gasteiger partial charge is 0.356 e. The number of carbonyl (C=O) groups excluding carboxylic acids is 1. The van der Waals surface area contributed by atoms with Crippen LogP contribution >= 0.6 is 22.7 Å². The molecule has 31 heavy (non-hydrogen) atoms. The zero-order chi connectivity index (χ0) is 21.4. The van der Waals surface area contributed by atoms with E-state index in [9.17, 15) is 4.79 Å². The van der Waals surface area contributed by atoms with E-state index in [2.05, 4.69) is 63.7 Å². The first kappa shape index (κ1) is 20.4. The maximum atomic E-state index is 12.8. The molecule has 3 aromatic heterocycles. The van der Waals surface area contributed by atoms with Crippen molar-refractivity contribution >= 4 is 54.7 Å². The molecule has 0 spiro atoms. The Morgan fingerprint density at radius 2 is 2.00 bits per heavy atom. The molecule has 1 amide bonds. The number of carbonyl (C=O) groups is 1. The van der Waals surface area contributed by atoms with Gasteiger partial charge in [0.05, 0.1) is 5.39 Å². The van der Waals surface area contributed by atoms with Crippen molar-refractivity contribution in [1.82, 2.24) is 15.3 Å². The van der Waals surface area contributed by atoms with E-state index < -0.39 is 0 Å². The average molecular weight is 451 g/mol. The standard InChI is InChI=1S/C24H26N4OS2/c1-15-16(2)31-24-21(15)22(26-14-27-24)28-11-8-17(9-12-28)23(29)25-10-7-18-13-30-20-6-4-3-5-19(18)20/h3-6,13-14,17H,7-12H2,1-2H3,(H,25,29). The second-order valence-corrected chi connectivity index (χ2v) is 10.3. The van der Waals surface area contributed by atoms with E-state index in [0.29, 0.717) is 6.54 Å². The summed E-state index contributed by atoms with van der Waals surface area (Å²) in [6, 6.07) is 8.47. The van der Waals surface area contributed by atoms with Crippen LogP contribution in [0, 0.1) is 19.8 Å². The summed E-state index contributed by atoms with van der Waals surface area (Å²) in [5.41, 5.74) is 2.60. The van der Waals surface area contributed by atoms with Crippen LogP contribution in [0.5, 0.6) is 0 Å². The Kier molecular flexibility index (Phi) is 5.63. The van der Waals surface area contributed by atoms with Gasteiger partial charge in [-0.05, 0) is 61.1 Å². The van der Waals surface area contributed by atoms with Crippen LogP contribution in [0.15, 0.2) is 36.0 Å². The number of fused-ring (bicyclic) bond motifs is 2. The fourth-order valence-electron chi connectivity index (χ4n) is 4.45. The highest BCUT2D eigenvalue weighted by Gasteiger charge is 2.27. The number of aryl methyl sites for hydroxylation is 2. The van der Waals surface area contributed by atoms with E-state index >= 15 is 0 Å². The first-order chi connectivity index (χ1) is 15.1. The van der Waals surface area contributed by atoms with Crippen molar-refractivity contribution in [2.24, 2.45) is 5.92 Å². The number of anilines is 1. The number of amides is 1. The summed E-state index contributed by atoms with van der Waals surface area (Å²) in [5, 5.41) is 7.88. The summed E-state index contributed by atoms with van der Waals surface area (Å²) >= 11 is 3.50. The first-order valence-electron chi connectivity index (χ1n) is 10.8. The van der Waals surface area contributed by atoms with Crippen molar-refractivity contribution in [3.8, 4) is 0 Å². The minimum Gasteiger partial charge on any atom is -0.356 e. The van der Waals surface area contributed by atoms with Gasteiger partial charge in [-0.1, -0.05) is 18.2 Å². The molecule has 5 nitrogen and oxygen atoms in total. The second-order valence-electron chi connectivity index (χ2n) is 8.22. The highest BCUT2D eigenvalue weighted by molar-refractivity contribution is 7.18. The molecule has 1 aliphatic heterocycles. The Morgan fingerprint density at radius 3 is 2.84 bits per heavy atom. The van der Waals surface area contributed by atoms with Gasteiger partial charge in [-0.2, -0.15) is 0 Å². The molecule has 5 rings (SSSR count). The smallest absolute Gasteiger partial charge is 0.223 e. The molecule has 0 aliphatic carbocycles. The number of hydrogen-bond donors (Lipinski definition) is 1. The maximum absolute atomic E-state index is 12.8. The van der Waals surface area contributed by atoms with Gasteiger partial charge in [0.25, 0.3) is 0 Å². The molecule has 1 saturated heterocycles. The van der Waals surface area contributed by atoms with Crippen molar-refractivity contribution in [2.45, 2.75) is 33.1 Å². The van der Waals surface area contributed by atoms with Crippen molar-refractivity contribution in [2.75, 3.05) is 24.5 Å². The minimum absolute atomic E-state index is 0.0816. The molecule has 1 N–H and O–H groups in total. The number of hydrogen-bond acceptors (Lipinski definition) is 6. The van der Waals surface area contributed by atoms with Crippen molar-refractivity contribution in [3.63, 3.8) is 0 Å². The number of benzene rings is 1. The van der Waals surface area contributed by atoms with Crippen molar-refractivity contribution in [3.05, 3.63) is 52.0 Å². The summed E-state index contributed by atoms with van der Waals surface area (Å²) in [6.07, 6.45) is 4.27. The zero-order valence-electron chi connectivity index (χ0n) is 17.9. The summed E-state index contributed by atoms with van der Waals surface area (Å²) in [4.78, 5) is 26.5. The number of nitrogens with one attached hydrogen (secondary N) is 1. The van der Waals surface area contributed by atoms with Crippen LogP contribution in [0.4, 0.5) is 5.82 Å². The van der Waals surface area contributed by atoms with Gasteiger partial charge in [-0.3, -0.25) is 4.79 Å². The lowest BCUT2D eigenvalue weighted by Crippen LogP contribution is -2.41. The quantitative estimate of drug-likeness (QED) is 0.460. The third-order valence-corrected chi connectivity index (χ3v) is 8.49. The average Bonchev–Trinajstić information content (AvgIpc) is 3.34. The Morgan fingerprint density at radius 1 is 1.19 bits per heavy atom. The molecule has 1 fully saturated rings. The molecule has 0 atom stereocenters. The molecule has 4 aromatic rings. The Balaban J connectivity index is 1.18. The number of thiophene rings is 2. The lowest BCUT2D eigenvalue weighted by Gasteiger charge is -2.32. The lowest BCUT2D eigenvalue weighted by atomic mass is 9.95. The third-order valence-electron chi connectivity index (χ3n) is 6.37. The summed E-state index contributed by atoms with van der Waals surface area (Å²) in [7, 11) is 0. The number of piperidine rings is 1. The Labute approximate surface area is 190 Å². The fraction of sp³-hybridized carbons (Fsp3) is 0.375. The Hall–Kier alpha value is -2.51. The van der Waals surface area contributed by atoms with Crippen LogP contribution in [0.1, 0.15) is 28.8 Å². The summed E-state index contributed by atoms with van der Waals surface area (Å²) < 4.78 is 1.31. The van der Waals surface area contributed by atoms with E-state index in [1.807, 2.05) is 0 Å². The molecule has 0 bridgehead atoms. The van der Waals surface area contributed by atoms with E-state index in [-0.39, 0.29) is 11.8 Å². The molecule has 1 aromatic carbocycles. The molecule has 160 valence electrons. The molecule has 0 unspecified atom stereocenters. The first-order valence-corrected chi connectivity index (χ1v) is 12.5.